The van der Waals surface area contributed by atoms with E-state index in [2.05, 4.69) is 5.32 Å². The SMILES string of the molecule is COc1ccc(C(=O)Nc2cccc(O)c2C)cc1. The number of ether oxygens (including phenoxy) is 1. The maximum Gasteiger partial charge on any atom is 0.255 e. The molecule has 0 fully saturated rings. The summed E-state index contributed by atoms with van der Waals surface area (Å²) in [5.74, 6) is 0.633. The van der Waals surface area contributed by atoms with E-state index < -0.39 is 0 Å². The van der Waals surface area contributed by atoms with Gasteiger partial charge in [-0.1, -0.05) is 6.07 Å². The lowest BCUT2D eigenvalue weighted by Crippen LogP contribution is -2.12. The average Bonchev–Trinajstić information content (AvgIpc) is 2.44. The number of hydrogen-bond donors (Lipinski definition) is 2. The molecule has 98 valence electrons. The van der Waals surface area contributed by atoms with Crippen molar-refractivity contribution in [2.75, 3.05) is 12.4 Å². The third-order valence-electron chi connectivity index (χ3n) is 2.91. The van der Waals surface area contributed by atoms with Gasteiger partial charge >= 0.3 is 0 Å². The molecule has 2 rings (SSSR count). The van der Waals surface area contributed by atoms with E-state index >= 15 is 0 Å². The zero-order valence-electron chi connectivity index (χ0n) is 10.8. The van der Waals surface area contributed by atoms with Crippen LogP contribution in [-0.2, 0) is 0 Å². The van der Waals surface area contributed by atoms with Gasteiger partial charge in [-0.2, -0.15) is 0 Å². The Labute approximate surface area is 111 Å². The molecule has 0 aliphatic heterocycles. The second kappa shape index (κ2) is 5.44. The highest BCUT2D eigenvalue weighted by molar-refractivity contribution is 6.04. The van der Waals surface area contributed by atoms with Crippen molar-refractivity contribution in [1.29, 1.82) is 0 Å². The van der Waals surface area contributed by atoms with Gasteiger partial charge in [0, 0.05) is 16.8 Å². The van der Waals surface area contributed by atoms with Crippen LogP contribution in [0.2, 0.25) is 0 Å². The van der Waals surface area contributed by atoms with Crippen LogP contribution in [0.15, 0.2) is 42.5 Å². The summed E-state index contributed by atoms with van der Waals surface area (Å²) in [7, 11) is 1.57. The second-order valence-electron chi connectivity index (χ2n) is 4.13. The Hall–Kier alpha value is -2.49. The van der Waals surface area contributed by atoms with Crippen LogP contribution >= 0.6 is 0 Å². The molecule has 2 aromatic carbocycles. The first kappa shape index (κ1) is 13.0. The van der Waals surface area contributed by atoms with Gasteiger partial charge in [-0.25, -0.2) is 0 Å². The van der Waals surface area contributed by atoms with Gasteiger partial charge in [-0.05, 0) is 43.3 Å². The molecule has 0 spiro atoms. The molecule has 0 unspecified atom stereocenters. The fourth-order valence-corrected chi connectivity index (χ4v) is 1.70. The van der Waals surface area contributed by atoms with Crippen LogP contribution in [0.3, 0.4) is 0 Å². The first-order valence-corrected chi connectivity index (χ1v) is 5.86. The third-order valence-corrected chi connectivity index (χ3v) is 2.91. The summed E-state index contributed by atoms with van der Waals surface area (Å²) < 4.78 is 5.04. The van der Waals surface area contributed by atoms with Gasteiger partial charge in [-0.3, -0.25) is 4.79 Å². The van der Waals surface area contributed by atoms with Crippen LogP contribution in [-0.4, -0.2) is 18.1 Å². The lowest BCUT2D eigenvalue weighted by atomic mass is 10.1. The van der Waals surface area contributed by atoms with Crippen molar-refractivity contribution < 1.29 is 14.6 Å². The summed E-state index contributed by atoms with van der Waals surface area (Å²) in [5, 5.41) is 12.3. The molecule has 4 nitrogen and oxygen atoms in total. The van der Waals surface area contributed by atoms with Crippen LogP contribution in [0.25, 0.3) is 0 Å². The van der Waals surface area contributed by atoms with Crippen LogP contribution < -0.4 is 10.1 Å². The predicted molar refractivity (Wildman–Crippen MR) is 73.8 cm³/mol. The minimum absolute atomic E-state index is 0.160. The summed E-state index contributed by atoms with van der Waals surface area (Å²) in [6.07, 6.45) is 0. The fraction of sp³-hybridized carbons (Fsp3) is 0.133. The number of nitrogens with one attached hydrogen (secondary N) is 1. The van der Waals surface area contributed by atoms with Gasteiger partial charge in [0.2, 0.25) is 0 Å². The van der Waals surface area contributed by atoms with Crippen molar-refractivity contribution in [2.45, 2.75) is 6.92 Å². The van der Waals surface area contributed by atoms with Gasteiger partial charge in [0.1, 0.15) is 11.5 Å². The number of carbonyl (C=O) groups is 1. The maximum atomic E-state index is 12.0. The standard InChI is InChI=1S/C15H15NO3/c1-10-13(4-3-5-14(10)17)16-15(18)11-6-8-12(19-2)9-7-11/h3-9,17H,1-2H3,(H,16,18). The Morgan fingerprint density at radius 1 is 1.16 bits per heavy atom. The van der Waals surface area contributed by atoms with E-state index in [0.717, 1.165) is 0 Å². The number of amides is 1. The smallest absolute Gasteiger partial charge is 0.255 e. The summed E-state index contributed by atoms with van der Waals surface area (Å²) in [6.45, 7) is 1.75. The van der Waals surface area contributed by atoms with E-state index in [-0.39, 0.29) is 11.7 Å². The van der Waals surface area contributed by atoms with Crippen LogP contribution in [0.5, 0.6) is 11.5 Å². The molecule has 2 aromatic rings. The van der Waals surface area contributed by atoms with Crippen LogP contribution in [0, 0.1) is 6.92 Å². The normalized spacial score (nSPS) is 10.0. The van der Waals surface area contributed by atoms with E-state index in [1.54, 1.807) is 56.5 Å². The minimum Gasteiger partial charge on any atom is -0.508 e. The van der Waals surface area contributed by atoms with Gasteiger partial charge < -0.3 is 15.2 Å². The summed E-state index contributed by atoms with van der Waals surface area (Å²) in [4.78, 5) is 12.0. The Morgan fingerprint density at radius 2 is 1.84 bits per heavy atom. The van der Waals surface area contributed by atoms with E-state index in [0.29, 0.717) is 22.6 Å². The van der Waals surface area contributed by atoms with E-state index in [1.807, 2.05) is 0 Å². The summed E-state index contributed by atoms with van der Waals surface area (Å²) in [6, 6.07) is 11.8. The van der Waals surface area contributed by atoms with Gasteiger partial charge in [0.25, 0.3) is 5.91 Å². The van der Waals surface area contributed by atoms with E-state index in [1.165, 1.54) is 0 Å². The minimum atomic E-state index is -0.226. The second-order valence-corrected chi connectivity index (χ2v) is 4.13. The lowest BCUT2D eigenvalue weighted by molar-refractivity contribution is 0.102. The summed E-state index contributed by atoms with van der Waals surface area (Å²) in [5.41, 5.74) is 1.77. The van der Waals surface area contributed by atoms with Gasteiger partial charge in [-0.15, -0.1) is 0 Å². The molecular formula is C15H15NO3. The first-order chi connectivity index (χ1) is 9.11. The maximum absolute atomic E-state index is 12.0. The zero-order chi connectivity index (χ0) is 13.8. The van der Waals surface area contributed by atoms with Crippen LogP contribution in [0.1, 0.15) is 15.9 Å². The van der Waals surface area contributed by atoms with Crippen molar-refractivity contribution in [3.8, 4) is 11.5 Å². The molecule has 1 amide bonds. The van der Waals surface area contributed by atoms with Crippen molar-refractivity contribution in [3.63, 3.8) is 0 Å². The number of methoxy groups -OCH3 is 1. The van der Waals surface area contributed by atoms with Gasteiger partial charge in [0.05, 0.1) is 7.11 Å². The molecule has 0 radical (unpaired) electrons. The zero-order valence-corrected chi connectivity index (χ0v) is 10.8. The van der Waals surface area contributed by atoms with Crippen molar-refractivity contribution in [2.24, 2.45) is 0 Å². The topological polar surface area (TPSA) is 58.6 Å². The highest BCUT2D eigenvalue weighted by Gasteiger charge is 2.09. The average molecular weight is 257 g/mol. The van der Waals surface area contributed by atoms with E-state index in [9.17, 15) is 9.90 Å². The molecule has 2 N–H and O–H groups in total. The van der Waals surface area contributed by atoms with Crippen molar-refractivity contribution >= 4 is 11.6 Å². The molecule has 0 heterocycles. The summed E-state index contributed by atoms with van der Waals surface area (Å²) >= 11 is 0. The number of carbonyl (C=O) groups excluding carboxylic acids is 1. The number of benzene rings is 2. The number of hydrogen-bond acceptors (Lipinski definition) is 3. The molecule has 4 heteroatoms. The quantitative estimate of drug-likeness (QED) is 0.888. The third kappa shape index (κ3) is 2.85. The number of rotatable bonds is 3. The number of phenolic OH excluding ortho intramolecular Hbond substituents is 1. The van der Waals surface area contributed by atoms with Gasteiger partial charge in [0.15, 0.2) is 0 Å². The molecular weight excluding hydrogens is 242 g/mol. The number of aromatic hydroxyl groups is 1. The Morgan fingerprint density at radius 3 is 2.47 bits per heavy atom. The molecule has 0 bridgehead atoms. The fourth-order valence-electron chi connectivity index (χ4n) is 1.70. The van der Waals surface area contributed by atoms with E-state index in [4.69, 9.17) is 4.74 Å². The molecule has 0 atom stereocenters. The van der Waals surface area contributed by atoms with Crippen LogP contribution in [0.4, 0.5) is 5.69 Å². The predicted octanol–water partition coefficient (Wildman–Crippen LogP) is 2.96. The monoisotopic (exact) mass is 257 g/mol. The number of anilines is 1. The molecule has 0 saturated carbocycles. The van der Waals surface area contributed by atoms with Crippen molar-refractivity contribution in [1.82, 2.24) is 0 Å². The molecule has 19 heavy (non-hydrogen) atoms. The molecule has 0 aliphatic carbocycles. The largest absolute Gasteiger partial charge is 0.508 e. The highest BCUT2D eigenvalue weighted by atomic mass is 16.5. The first-order valence-electron chi connectivity index (χ1n) is 5.86. The lowest BCUT2D eigenvalue weighted by Gasteiger charge is -2.09. The Bertz CT molecular complexity index is 591. The Kier molecular flexibility index (Phi) is 3.71. The highest BCUT2D eigenvalue weighted by Crippen LogP contribution is 2.24. The molecule has 0 aliphatic rings. The molecule has 0 saturated heterocycles. The number of phenols is 1. The molecule has 0 aromatic heterocycles. The Balaban J connectivity index is 2.18. The van der Waals surface area contributed by atoms with Crippen molar-refractivity contribution in [3.05, 3.63) is 53.6 Å².